The zero-order chi connectivity index (χ0) is 24.4. The molecule has 0 saturated carbocycles. The normalized spacial score (nSPS) is 14.5. The fraction of sp³-hybridized carbons (Fsp3) is 0.250. The van der Waals surface area contributed by atoms with Gasteiger partial charge in [-0.2, -0.15) is 13.2 Å². The van der Waals surface area contributed by atoms with E-state index in [2.05, 4.69) is 4.98 Å². The number of aromatic nitrogens is 1. The maximum Gasteiger partial charge on any atom is 0.422 e. The van der Waals surface area contributed by atoms with Crippen LogP contribution in [-0.2, 0) is 16.8 Å². The van der Waals surface area contributed by atoms with Gasteiger partial charge in [0.1, 0.15) is 5.15 Å². The zero-order valence-corrected chi connectivity index (χ0v) is 18.9. The molecule has 9 heteroatoms. The zero-order valence-electron chi connectivity index (χ0n) is 17.4. The minimum Gasteiger partial charge on any atom is -0.481 e. The molecule has 3 rings (SSSR count). The van der Waals surface area contributed by atoms with Crippen molar-refractivity contribution in [2.24, 2.45) is 0 Å². The molecule has 0 spiro atoms. The highest BCUT2D eigenvalue weighted by molar-refractivity contribution is 6.31. The van der Waals surface area contributed by atoms with Crippen LogP contribution in [0.2, 0.25) is 10.2 Å². The summed E-state index contributed by atoms with van der Waals surface area (Å²) in [6, 6.07) is 13.8. The number of carboxylic acid groups (broad SMARTS) is 1. The van der Waals surface area contributed by atoms with Crippen LogP contribution in [0, 0.1) is 0 Å². The average molecular weight is 498 g/mol. The van der Waals surface area contributed by atoms with Gasteiger partial charge >= 0.3 is 12.1 Å². The smallest absolute Gasteiger partial charge is 0.422 e. The fourth-order valence-corrected chi connectivity index (χ4v) is 4.21. The van der Waals surface area contributed by atoms with Gasteiger partial charge in [0.15, 0.2) is 5.60 Å². The van der Waals surface area contributed by atoms with E-state index in [9.17, 15) is 23.1 Å². The van der Waals surface area contributed by atoms with Crippen molar-refractivity contribution in [3.63, 3.8) is 0 Å². The van der Waals surface area contributed by atoms with Crippen molar-refractivity contribution in [1.82, 2.24) is 4.98 Å². The predicted octanol–water partition coefficient (Wildman–Crippen LogP) is 6.63. The Kier molecular flexibility index (Phi) is 7.36. The van der Waals surface area contributed by atoms with Gasteiger partial charge in [-0.05, 0) is 52.4 Å². The van der Waals surface area contributed by atoms with E-state index in [1.807, 2.05) is 0 Å². The predicted molar refractivity (Wildman–Crippen MR) is 120 cm³/mol. The molecule has 1 aromatic heterocycles. The van der Waals surface area contributed by atoms with Gasteiger partial charge in [0.25, 0.3) is 0 Å². The number of carboxylic acids is 1. The van der Waals surface area contributed by atoms with Crippen LogP contribution in [-0.4, -0.2) is 27.3 Å². The van der Waals surface area contributed by atoms with Crippen molar-refractivity contribution in [3.05, 3.63) is 87.7 Å². The van der Waals surface area contributed by atoms with Crippen molar-refractivity contribution in [2.45, 2.75) is 37.5 Å². The number of carbonyl (C=O) groups is 1. The second kappa shape index (κ2) is 9.71. The minimum atomic E-state index is -5.01. The van der Waals surface area contributed by atoms with E-state index in [1.165, 1.54) is 19.1 Å². The number of alkyl halides is 3. The maximum atomic E-state index is 14.1. The van der Waals surface area contributed by atoms with Gasteiger partial charge in [-0.3, -0.25) is 4.79 Å². The minimum absolute atomic E-state index is 0.0164. The Morgan fingerprint density at radius 2 is 1.67 bits per heavy atom. The molecule has 0 aliphatic rings. The number of hydrogen-bond donors (Lipinski definition) is 2. The second-order valence-electron chi connectivity index (χ2n) is 7.68. The van der Waals surface area contributed by atoms with E-state index in [1.54, 1.807) is 30.3 Å². The summed E-state index contributed by atoms with van der Waals surface area (Å²) in [5, 5.41) is 19.6. The summed E-state index contributed by atoms with van der Waals surface area (Å²) >= 11 is 12.2. The largest absolute Gasteiger partial charge is 0.481 e. The number of rotatable bonds is 7. The molecule has 174 valence electrons. The Hall–Kier alpha value is -2.61. The first-order valence-electron chi connectivity index (χ1n) is 9.95. The number of halogens is 5. The summed E-state index contributed by atoms with van der Waals surface area (Å²) < 4.78 is 42.3. The molecule has 0 bridgehead atoms. The molecule has 2 aromatic carbocycles. The van der Waals surface area contributed by atoms with Crippen LogP contribution in [0.4, 0.5) is 13.2 Å². The van der Waals surface area contributed by atoms with E-state index < -0.39 is 29.2 Å². The standard InChI is InChI=1S/C24H20Cl2F3NO3/c1-14(23(33,24(27,28)29)18-10-11-30-21(26)13-18)19-8-7-17(12-20(19)25)16-5-2-15(3-6-16)4-9-22(31)32/h2-3,5-8,10-14,33H,4,9H2,1H3,(H,31,32). The highest BCUT2D eigenvalue weighted by Gasteiger charge is 2.59. The summed E-state index contributed by atoms with van der Waals surface area (Å²) in [5.74, 6) is -2.33. The van der Waals surface area contributed by atoms with Gasteiger partial charge in [-0.25, -0.2) is 4.98 Å². The molecule has 3 aromatic rings. The van der Waals surface area contributed by atoms with Crippen molar-refractivity contribution in [1.29, 1.82) is 0 Å². The Bertz CT molecular complexity index is 1150. The molecule has 0 saturated heterocycles. The molecule has 4 nitrogen and oxygen atoms in total. The first-order valence-corrected chi connectivity index (χ1v) is 10.7. The van der Waals surface area contributed by atoms with Crippen molar-refractivity contribution in [3.8, 4) is 11.1 Å². The van der Waals surface area contributed by atoms with Gasteiger partial charge < -0.3 is 10.2 Å². The van der Waals surface area contributed by atoms with Crippen LogP contribution < -0.4 is 0 Å². The Morgan fingerprint density at radius 1 is 1.03 bits per heavy atom. The number of pyridine rings is 1. The van der Waals surface area contributed by atoms with E-state index in [0.29, 0.717) is 12.0 Å². The molecule has 1 heterocycles. The number of benzene rings is 2. The van der Waals surface area contributed by atoms with Crippen LogP contribution in [0.15, 0.2) is 60.8 Å². The molecular formula is C24H20Cl2F3NO3. The molecular weight excluding hydrogens is 478 g/mol. The van der Waals surface area contributed by atoms with Gasteiger partial charge in [-0.1, -0.05) is 66.5 Å². The summed E-state index contributed by atoms with van der Waals surface area (Å²) in [5.41, 5.74) is -1.27. The van der Waals surface area contributed by atoms with Crippen LogP contribution in [0.1, 0.15) is 36.0 Å². The van der Waals surface area contributed by atoms with Crippen LogP contribution in [0.5, 0.6) is 0 Å². The first kappa shape index (κ1) is 25.0. The van der Waals surface area contributed by atoms with Gasteiger partial charge in [0, 0.05) is 23.6 Å². The molecule has 2 atom stereocenters. The van der Waals surface area contributed by atoms with Gasteiger partial charge in [0.2, 0.25) is 0 Å². The first-order chi connectivity index (χ1) is 15.4. The SMILES string of the molecule is CC(c1ccc(-c2ccc(CCC(=O)O)cc2)cc1Cl)C(O)(c1ccnc(Cl)c1)C(F)(F)F. The second-order valence-corrected chi connectivity index (χ2v) is 8.47. The lowest BCUT2D eigenvalue weighted by Crippen LogP contribution is -2.46. The highest BCUT2D eigenvalue weighted by atomic mass is 35.5. The molecule has 0 aliphatic carbocycles. The summed E-state index contributed by atoms with van der Waals surface area (Å²) in [7, 11) is 0. The fourth-order valence-electron chi connectivity index (χ4n) is 3.70. The summed E-state index contributed by atoms with van der Waals surface area (Å²) in [4.78, 5) is 14.4. The van der Waals surface area contributed by atoms with Crippen molar-refractivity contribution >= 4 is 29.2 Å². The van der Waals surface area contributed by atoms with Crippen molar-refractivity contribution < 1.29 is 28.2 Å². The monoisotopic (exact) mass is 497 g/mol. The van der Waals surface area contributed by atoms with Crippen molar-refractivity contribution in [2.75, 3.05) is 0 Å². The maximum absolute atomic E-state index is 14.1. The van der Waals surface area contributed by atoms with Gasteiger partial charge in [0.05, 0.1) is 0 Å². The third-order valence-electron chi connectivity index (χ3n) is 5.61. The molecule has 0 fully saturated rings. The molecule has 0 radical (unpaired) electrons. The summed E-state index contributed by atoms with van der Waals surface area (Å²) in [6.07, 6.45) is -3.50. The number of aliphatic hydroxyl groups is 1. The number of nitrogens with zero attached hydrogens (tertiary/aromatic N) is 1. The number of aliphatic carboxylic acids is 1. The van der Waals surface area contributed by atoms with Crippen LogP contribution >= 0.6 is 23.2 Å². The van der Waals surface area contributed by atoms with E-state index in [-0.39, 0.29) is 22.2 Å². The number of hydrogen-bond acceptors (Lipinski definition) is 3. The molecule has 2 unspecified atom stereocenters. The summed E-state index contributed by atoms with van der Waals surface area (Å²) in [6.45, 7) is 1.25. The van der Waals surface area contributed by atoms with Gasteiger partial charge in [-0.15, -0.1) is 0 Å². The van der Waals surface area contributed by atoms with E-state index in [0.717, 1.165) is 29.5 Å². The molecule has 0 amide bonds. The Balaban J connectivity index is 1.94. The Morgan fingerprint density at radius 3 is 2.21 bits per heavy atom. The molecule has 33 heavy (non-hydrogen) atoms. The third-order valence-corrected chi connectivity index (χ3v) is 6.14. The van der Waals surface area contributed by atoms with E-state index >= 15 is 0 Å². The quantitative estimate of drug-likeness (QED) is 0.359. The topological polar surface area (TPSA) is 70.4 Å². The number of aryl methyl sites for hydroxylation is 1. The molecule has 0 aliphatic heterocycles. The van der Waals surface area contributed by atoms with Crippen LogP contribution in [0.3, 0.4) is 0 Å². The molecule has 2 N–H and O–H groups in total. The van der Waals surface area contributed by atoms with Crippen LogP contribution in [0.25, 0.3) is 11.1 Å². The lowest BCUT2D eigenvalue weighted by Gasteiger charge is -2.37. The average Bonchev–Trinajstić information content (AvgIpc) is 2.76. The lowest BCUT2D eigenvalue weighted by molar-refractivity contribution is -0.274. The highest BCUT2D eigenvalue weighted by Crippen LogP contribution is 2.50. The Labute approximate surface area is 198 Å². The lowest BCUT2D eigenvalue weighted by atomic mass is 9.77. The van der Waals surface area contributed by atoms with E-state index in [4.69, 9.17) is 28.3 Å². The third kappa shape index (κ3) is 5.32.